The number of hydrogen-bond acceptors (Lipinski definition) is 1. The molecule has 0 aliphatic heterocycles. The summed E-state index contributed by atoms with van der Waals surface area (Å²) in [6.07, 6.45) is 1.71. The summed E-state index contributed by atoms with van der Waals surface area (Å²) in [6, 6.07) is 12.8. The third-order valence-corrected chi connectivity index (χ3v) is 4.79. The van der Waals surface area contributed by atoms with Gasteiger partial charge >= 0.3 is 0 Å². The molecule has 0 N–H and O–H groups in total. The van der Waals surface area contributed by atoms with Gasteiger partial charge in [-0.25, -0.2) is 4.39 Å². The molecular weight excluding hydrogens is 399 g/mol. The molecule has 0 bridgehead atoms. The van der Waals surface area contributed by atoms with Crippen molar-refractivity contribution in [1.29, 1.82) is 0 Å². The van der Waals surface area contributed by atoms with Crippen molar-refractivity contribution in [1.82, 2.24) is 0 Å². The normalized spacial score (nSPS) is 12.2. The Hall–Kier alpha value is -0.870. The van der Waals surface area contributed by atoms with Gasteiger partial charge in [0.15, 0.2) is 0 Å². The fourth-order valence-corrected chi connectivity index (χ4v) is 3.26. The number of ether oxygens (including phenoxy) is 1. The minimum atomic E-state index is -0.180. The number of methoxy groups -OCH3 is 1. The quantitative estimate of drug-likeness (QED) is 0.574. The van der Waals surface area contributed by atoms with E-state index in [1.165, 1.54) is 6.07 Å². The van der Waals surface area contributed by atoms with Crippen LogP contribution in [0.25, 0.3) is 0 Å². The van der Waals surface area contributed by atoms with Gasteiger partial charge in [0.1, 0.15) is 11.6 Å². The first-order chi connectivity index (χ1) is 10.1. The van der Waals surface area contributed by atoms with Crippen LogP contribution >= 0.6 is 31.9 Å². The molecule has 21 heavy (non-hydrogen) atoms. The van der Waals surface area contributed by atoms with Crippen LogP contribution < -0.4 is 4.74 Å². The minimum Gasteiger partial charge on any atom is -0.496 e. The SMILES string of the molecule is COc1ccc(Br)cc1CC(CBr)Cc1cccc(F)c1. The molecule has 0 spiro atoms. The topological polar surface area (TPSA) is 9.23 Å². The van der Waals surface area contributed by atoms with E-state index < -0.39 is 0 Å². The van der Waals surface area contributed by atoms with Crippen LogP contribution in [-0.2, 0) is 12.8 Å². The Kier molecular flexibility index (Phi) is 6.24. The van der Waals surface area contributed by atoms with E-state index in [-0.39, 0.29) is 5.82 Å². The summed E-state index contributed by atoms with van der Waals surface area (Å²) in [4.78, 5) is 0. The maximum atomic E-state index is 13.3. The Morgan fingerprint density at radius 3 is 2.62 bits per heavy atom. The van der Waals surface area contributed by atoms with Gasteiger partial charge < -0.3 is 4.74 Å². The van der Waals surface area contributed by atoms with Gasteiger partial charge in [-0.2, -0.15) is 0 Å². The lowest BCUT2D eigenvalue weighted by atomic mass is 9.94. The van der Waals surface area contributed by atoms with Crippen molar-refractivity contribution in [3.05, 3.63) is 63.9 Å². The fraction of sp³-hybridized carbons (Fsp3) is 0.294. The van der Waals surface area contributed by atoms with Crippen molar-refractivity contribution in [3.8, 4) is 5.75 Å². The molecule has 0 saturated carbocycles. The zero-order valence-electron chi connectivity index (χ0n) is 11.8. The smallest absolute Gasteiger partial charge is 0.123 e. The van der Waals surface area contributed by atoms with E-state index in [1.54, 1.807) is 19.2 Å². The first-order valence-corrected chi connectivity index (χ1v) is 8.66. The molecule has 4 heteroatoms. The Labute approximate surface area is 141 Å². The van der Waals surface area contributed by atoms with Gasteiger partial charge in [-0.3, -0.25) is 0 Å². The third kappa shape index (κ3) is 4.82. The molecule has 0 aliphatic rings. The van der Waals surface area contributed by atoms with Crippen molar-refractivity contribution in [2.45, 2.75) is 12.8 Å². The minimum absolute atomic E-state index is 0.180. The second kappa shape index (κ2) is 7.95. The van der Waals surface area contributed by atoms with Gasteiger partial charge in [0.2, 0.25) is 0 Å². The largest absolute Gasteiger partial charge is 0.496 e. The average Bonchev–Trinajstić information content (AvgIpc) is 2.47. The zero-order chi connectivity index (χ0) is 15.2. The second-order valence-electron chi connectivity index (χ2n) is 5.01. The lowest BCUT2D eigenvalue weighted by Crippen LogP contribution is -2.11. The van der Waals surface area contributed by atoms with Gasteiger partial charge in [0, 0.05) is 9.80 Å². The van der Waals surface area contributed by atoms with Crippen LogP contribution in [0.1, 0.15) is 11.1 Å². The second-order valence-corrected chi connectivity index (χ2v) is 6.58. The van der Waals surface area contributed by atoms with Crippen molar-refractivity contribution >= 4 is 31.9 Å². The highest BCUT2D eigenvalue weighted by molar-refractivity contribution is 9.10. The van der Waals surface area contributed by atoms with E-state index in [9.17, 15) is 4.39 Å². The van der Waals surface area contributed by atoms with Gasteiger partial charge in [-0.15, -0.1) is 0 Å². The van der Waals surface area contributed by atoms with Gasteiger partial charge in [-0.1, -0.05) is 44.0 Å². The first-order valence-electron chi connectivity index (χ1n) is 6.75. The molecule has 0 amide bonds. The number of alkyl halides is 1. The molecule has 0 heterocycles. The monoisotopic (exact) mass is 414 g/mol. The van der Waals surface area contributed by atoms with E-state index in [4.69, 9.17) is 4.74 Å². The predicted molar refractivity (Wildman–Crippen MR) is 91.8 cm³/mol. The first kappa shape index (κ1) is 16.5. The molecule has 2 rings (SSSR count). The summed E-state index contributed by atoms with van der Waals surface area (Å²) in [6.45, 7) is 0. The fourth-order valence-electron chi connectivity index (χ4n) is 2.40. The molecule has 0 radical (unpaired) electrons. The van der Waals surface area contributed by atoms with Gasteiger partial charge in [0.25, 0.3) is 0 Å². The van der Waals surface area contributed by atoms with Crippen LogP contribution in [0.5, 0.6) is 5.75 Å². The average molecular weight is 416 g/mol. The number of rotatable bonds is 6. The molecule has 1 nitrogen and oxygen atoms in total. The Morgan fingerprint density at radius 2 is 1.95 bits per heavy atom. The Morgan fingerprint density at radius 1 is 1.14 bits per heavy atom. The molecule has 0 aliphatic carbocycles. The van der Waals surface area contributed by atoms with E-state index in [0.717, 1.165) is 39.5 Å². The van der Waals surface area contributed by atoms with Crippen LogP contribution in [0, 0.1) is 11.7 Å². The molecule has 2 aromatic rings. The van der Waals surface area contributed by atoms with Crippen molar-refractivity contribution in [3.63, 3.8) is 0 Å². The van der Waals surface area contributed by atoms with E-state index in [0.29, 0.717) is 5.92 Å². The lowest BCUT2D eigenvalue weighted by molar-refractivity contribution is 0.405. The van der Waals surface area contributed by atoms with Crippen LogP contribution in [0.2, 0.25) is 0 Å². The van der Waals surface area contributed by atoms with E-state index in [2.05, 4.69) is 37.9 Å². The van der Waals surface area contributed by atoms with Crippen LogP contribution in [0.15, 0.2) is 46.9 Å². The molecule has 0 fully saturated rings. The molecular formula is C17H17Br2FO. The summed E-state index contributed by atoms with van der Waals surface area (Å²) in [7, 11) is 1.68. The molecule has 0 aromatic heterocycles. The Balaban J connectivity index is 2.14. The maximum absolute atomic E-state index is 13.3. The van der Waals surface area contributed by atoms with Crippen molar-refractivity contribution in [2.75, 3.05) is 12.4 Å². The highest BCUT2D eigenvalue weighted by atomic mass is 79.9. The standard InChI is InChI=1S/C17H17Br2FO/c1-21-17-6-5-15(19)10-14(17)8-13(11-18)7-12-3-2-4-16(20)9-12/h2-6,9-10,13H,7-8,11H2,1H3. The summed E-state index contributed by atoms with van der Waals surface area (Å²) in [5, 5.41) is 0.860. The van der Waals surface area contributed by atoms with Crippen molar-refractivity contribution in [2.24, 2.45) is 5.92 Å². The Bertz CT molecular complexity index is 601. The van der Waals surface area contributed by atoms with Crippen molar-refractivity contribution < 1.29 is 9.13 Å². The summed E-state index contributed by atoms with van der Waals surface area (Å²) in [5.41, 5.74) is 2.18. The third-order valence-electron chi connectivity index (χ3n) is 3.38. The summed E-state index contributed by atoms with van der Waals surface area (Å²) in [5.74, 6) is 1.10. The van der Waals surface area contributed by atoms with Crippen LogP contribution in [-0.4, -0.2) is 12.4 Å². The molecule has 1 atom stereocenters. The maximum Gasteiger partial charge on any atom is 0.123 e. The highest BCUT2D eigenvalue weighted by Crippen LogP contribution is 2.27. The molecule has 1 unspecified atom stereocenters. The molecule has 2 aromatic carbocycles. The van der Waals surface area contributed by atoms with E-state index in [1.807, 2.05) is 18.2 Å². The lowest BCUT2D eigenvalue weighted by Gasteiger charge is -2.17. The summed E-state index contributed by atoms with van der Waals surface area (Å²) < 4.78 is 19.7. The molecule has 0 saturated heterocycles. The predicted octanol–water partition coefficient (Wildman–Crippen LogP) is 5.39. The van der Waals surface area contributed by atoms with Crippen LogP contribution in [0.4, 0.5) is 4.39 Å². The number of benzene rings is 2. The molecule has 112 valence electrons. The number of halogens is 3. The van der Waals surface area contributed by atoms with Gasteiger partial charge in [0.05, 0.1) is 7.11 Å². The summed E-state index contributed by atoms with van der Waals surface area (Å²) >= 11 is 7.06. The highest BCUT2D eigenvalue weighted by Gasteiger charge is 2.13. The van der Waals surface area contributed by atoms with Crippen LogP contribution in [0.3, 0.4) is 0 Å². The van der Waals surface area contributed by atoms with Gasteiger partial charge in [-0.05, 0) is 60.2 Å². The van der Waals surface area contributed by atoms with E-state index >= 15 is 0 Å². The zero-order valence-corrected chi connectivity index (χ0v) is 15.0. The number of hydrogen-bond donors (Lipinski definition) is 0.